The molecule has 4 aliphatic rings. The highest BCUT2D eigenvalue weighted by molar-refractivity contribution is 5.76. The minimum Gasteiger partial charge on any atom is -0.391 e. The third-order valence-corrected chi connectivity index (χ3v) is 8.43. The minimum atomic E-state index is -0.877. The summed E-state index contributed by atoms with van der Waals surface area (Å²) in [7, 11) is 0. The van der Waals surface area contributed by atoms with Crippen LogP contribution in [-0.2, 0) is 23.7 Å². The van der Waals surface area contributed by atoms with Gasteiger partial charge in [-0.15, -0.1) is 0 Å². The highest BCUT2D eigenvalue weighted by atomic mass is 16.7. The van der Waals surface area contributed by atoms with Crippen molar-refractivity contribution < 1.29 is 39.1 Å². The van der Waals surface area contributed by atoms with E-state index in [1.165, 1.54) is 0 Å². The second-order valence-electron chi connectivity index (χ2n) is 12.6. The molecule has 4 rings (SSSR count). The summed E-state index contributed by atoms with van der Waals surface area (Å²) < 4.78 is 22.1. The molecule has 0 aromatic carbocycles. The Hall–Kier alpha value is -1.13. The summed E-state index contributed by atoms with van der Waals surface area (Å²) in [6.07, 6.45) is 3.67. The van der Waals surface area contributed by atoms with Crippen molar-refractivity contribution in [3.05, 3.63) is 0 Å². The number of ether oxygens (including phenoxy) is 4. The molecule has 17 heteroatoms. The molecule has 1 amide bonds. The fourth-order valence-corrected chi connectivity index (χ4v) is 5.80. The molecule has 0 aromatic heterocycles. The molecule has 272 valence electrons. The van der Waals surface area contributed by atoms with Crippen LogP contribution < -0.4 is 50.8 Å². The van der Waals surface area contributed by atoms with Crippen LogP contribution in [0.4, 0.5) is 0 Å². The van der Waals surface area contributed by atoms with Gasteiger partial charge in [0.15, 0.2) is 12.6 Å². The van der Waals surface area contributed by atoms with Crippen molar-refractivity contribution >= 4 is 5.91 Å². The Bertz CT molecular complexity index is 825. The molecule has 8 unspecified atom stereocenters. The van der Waals surface area contributed by atoms with Crippen LogP contribution in [0.3, 0.4) is 0 Å². The molecule has 3 aliphatic heterocycles. The molecule has 3 heterocycles. The third kappa shape index (κ3) is 15.4. The van der Waals surface area contributed by atoms with Gasteiger partial charge in [0.2, 0.25) is 5.91 Å². The Kier molecular flexibility index (Phi) is 20.1. The lowest BCUT2D eigenvalue weighted by molar-refractivity contribution is -0.202. The average molecular weight is 666 g/mol. The Balaban J connectivity index is 0.000000262. The molecule has 0 spiro atoms. The van der Waals surface area contributed by atoms with Crippen molar-refractivity contribution in [2.75, 3.05) is 45.9 Å². The van der Waals surface area contributed by atoms with Crippen LogP contribution >= 0.6 is 0 Å². The quantitative estimate of drug-likeness (QED) is 0.0871. The van der Waals surface area contributed by atoms with E-state index in [1.807, 2.05) is 0 Å². The fraction of sp³-hybridized carbons (Fsp3) is 0.966. The van der Waals surface area contributed by atoms with Gasteiger partial charge in [-0.25, -0.2) is 0 Å². The largest absolute Gasteiger partial charge is 0.391 e. The third-order valence-electron chi connectivity index (χ3n) is 8.43. The fourth-order valence-electron chi connectivity index (χ4n) is 5.80. The number of nitrogens with two attached hydrogens (primary N) is 7. The van der Waals surface area contributed by atoms with Gasteiger partial charge in [-0.05, 0) is 38.6 Å². The number of rotatable bonds is 12. The molecule has 46 heavy (non-hydrogen) atoms. The highest BCUT2D eigenvalue weighted by Gasteiger charge is 2.35. The van der Waals surface area contributed by atoms with Gasteiger partial charge >= 0.3 is 0 Å². The van der Waals surface area contributed by atoms with Crippen molar-refractivity contribution in [1.82, 2.24) is 10.6 Å². The van der Waals surface area contributed by atoms with Crippen LogP contribution in [0.5, 0.6) is 0 Å². The van der Waals surface area contributed by atoms with Gasteiger partial charge < -0.3 is 85.0 Å². The maximum Gasteiger partial charge on any atom is 0.220 e. The van der Waals surface area contributed by atoms with Crippen LogP contribution in [-0.4, -0.2) is 140 Å². The normalized spacial score (nSPS) is 37.8. The topological polar surface area (TPSA) is 321 Å². The van der Waals surface area contributed by atoms with Gasteiger partial charge in [0.05, 0.1) is 43.2 Å². The Morgan fingerprint density at radius 2 is 1.59 bits per heavy atom. The molecule has 4 fully saturated rings. The van der Waals surface area contributed by atoms with Crippen LogP contribution in [0.25, 0.3) is 0 Å². The number of nitrogens with one attached hydrogen (secondary N) is 2. The first-order valence-electron chi connectivity index (χ1n) is 16.7. The van der Waals surface area contributed by atoms with E-state index in [9.17, 15) is 20.1 Å². The van der Waals surface area contributed by atoms with Gasteiger partial charge in [0, 0.05) is 76.5 Å². The standard InChI is InChI=1S/C15H30N4O3.C8H19N3O3.C6H14N2O2/c16-5-1-2-14(20)19-11-6-10(18)7-13(8-11)22-15-4-3-12(9-17)21-15;9-1-2-11-4-6-8(13)5(10)3-7(12)14-6;7-2-4-1-6(9)5(8)3-10-4/h10-13,15H,1-9,16-18H2,(H,19,20);5-8,11-13H,1-4,9-10H2;4-6,9H,1-3,7-8H2/t;5?,6?,7-,8-;4-,5+,6?/m.01/s1. The van der Waals surface area contributed by atoms with Crippen molar-refractivity contribution in [2.24, 2.45) is 40.1 Å². The molecule has 3 saturated heterocycles. The molecule has 0 bridgehead atoms. The van der Waals surface area contributed by atoms with Crippen molar-refractivity contribution in [2.45, 2.75) is 131 Å². The lowest BCUT2D eigenvalue weighted by Gasteiger charge is -2.35. The van der Waals surface area contributed by atoms with Crippen molar-refractivity contribution in [3.63, 3.8) is 0 Å². The first-order valence-corrected chi connectivity index (χ1v) is 16.7. The second-order valence-corrected chi connectivity index (χ2v) is 12.6. The summed E-state index contributed by atoms with van der Waals surface area (Å²) in [4.78, 5) is 11.8. The number of aliphatic hydroxyl groups is 3. The summed E-state index contributed by atoms with van der Waals surface area (Å²) in [6.45, 7) is 3.57. The van der Waals surface area contributed by atoms with E-state index in [1.54, 1.807) is 0 Å². The monoisotopic (exact) mass is 665 g/mol. The van der Waals surface area contributed by atoms with Gasteiger partial charge in [-0.1, -0.05) is 0 Å². The van der Waals surface area contributed by atoms with E-state index in [-0.39, 0.29) is 55.1 Å². The number of aliphatic hydroxyl groups excluding tert-OH is 3. The molecule has 1 aliphatic carbocycles. The zero-order valence-corrected chi connectivity index (χ0v) is 27.2. The van der Waals surface area contributed by atoms with E-state index < -0.39 is 30.6 Å². The highest BCUT2D eigenvalue weighted by Crippen LogP contribution is 2.27. The smallest absolute Gasteiger partial charge is 0.220 e. The first-order chi connectivity index (χ1) is 22.0. The predicted octanol–water partition coefficient (Wildman–Crippen LogP) is -4.68. The Morgan fingerprint density at radius 1 is 0.848 bits per heavy atom. The van der Waals surface area contributed by atoms with Crippen LogP contribution in [0, 0.1) is 0 Å². The zero-order valence-electron chi connectivity index (χ0n) is 27.2. The number of hydrogen-bond donors (Lipinski definition) is 12. The van der Waals surface area contributed by atoms with Crippen molar-refractivity contribution in [3.8, 4) is 0 Å². The summed E-state index contributed by atoms with van der Waals surface area (Å²) in [5.74, 6) is 0.0450. The van der Waals surface area contributed by atoms with Gasteiger partial charge in [-0.2, -0.15) is 0 Å². The van der Waals surface area contributed by atoms with E-state index in [4.69, 9.17) is 59.1 Å². The van der Waals surface area contributed by atoms with Gasteiger partial charge in [-0.3, -0.25) is 4.79 Å². The number of amides is 1. The SMILES string of the molecule is NCCCC(=O)NC1CC(N)CC(OC2CCC(CN)O2)C1.NCCNCC1O[C@H](O)CC(N)[C@@H]1O.NC[C@H]1CC(O)[C@@H](N)CO1. The molecular weight excluding hydrogens is 602 g/mol. The maximum atomic E-state index is 11.8. The lowest BCUT2D eigenvalue weighted by Crippen LogP contribution is -2.55. The summed E-state index contributed by atoms with van der Waals surface area (Å²) in [5, 5.41) is 34.1. The van der Waals surface area contributed by atoms with Gasteiger partial charge in [0.25, 0.3) is 0 Å². The van der Waals surface area contributed by atoms with E-state index in [2.05, 4.69) is 10.6 Å². The molecule has 0 aromatic rings. The predicted molar refractivity (Wildman–Crippen MR) is 173 cm³/mol. The van der Waals surface area contributed by atoms with E-state index >= 15 is 0 Å². The van der Waals surface area contributed by atoms with Gasteiger partial charge in [0.1, 0.15) is 6.10 Å². The zero-order chi connectivity index (χ0) is 34.1. The molecule has 1 saturated carbocycles. The molecule has 0 radical (unpaired) electrons. The van der Waals surface area contributed by atoms with E-state index in [0.29, 0.717) is 65.1 Å². The van der Waals surface area contributed by atoms with Crippen LogP contribution in [0.1, 0.15) is 57.8 Å². The summed E-state index contributed by atoms with van der Waals surface area (Å²) >= 11 is 0. The summed E-state index contributed by atoms with van der Waals surface area (Å²) in [6, 6.07) is -0.540. The summed E-state index contributed by atoms with van der Waals surface area (Å²) in [5.41, 5.74) is 38.9. The molecule has 17 nitrogen and oxygen atoms in total. The number of carbonyl (C=O) groups excluding carboxylic acids is 1. The number of carbonyl (C=O) groups is 1. The minimum absolute atomic E-state index is 0.00481. The van der Waals surface area contributed by atoms with E-state index in [0.717, 1.165) is 32.1 Å². The average Bonchev–Trinajstić information content (AvgIpc) is 3.47. The Morgan fingerprint density at radius 3 is 2.22 bits per heavy atom. The first kappa shape index (κ1) is 41.0. The Labute approximate surface area is 272 Å². The lowest BCUT2D eigenvalue weighted by atomic mass is 9.89. The molecule has 12 atom stereocenters. The van der Waals surface area contributed by atoms with Crippen LogP contribution in [0.15, 0.2) is 0 Å². The molecule has 19 N–H and O–H groups in total. The number of hydrogen-bond acceptors (Lipinski definition) is 16. The molecular formula is C29H63N9O8. The second kappa shape index (κ2) is 22.5. The maximum absolute atomic E-state index is 11.8. The van der Waals surface area contributed by atoms with Crippen molar-refractivity contribution in [1.29, 1.82) is 0 Å². The van der Waals surface area contributed by atoms with Crippen LogP contribution in [0.2, 0.25) is 0 Å².